The summed E-state index contributed by atoms with van der Waals surface area (Å²) in [5, 5.41) is 0. The molecule has 1 nitrogen and oxygen atoms in total. The fourth-order valence-corrected chi connectivity index (χ4v) is 2.48. The highest BCUT2D eigenvalue weighted by Gasteiger charge is 2.25. The van der Waals surface area contributed by atoms with E-state index in [1.165, 1.54) is 16.7 Å². The van der Waals surface area contributed by atoms with Crippen LogP contribution in [0.2, 0.25) is 0 Å². The van der Waals surface area contributed by atoms with E-state index in [4.69, 9.17) is 5.73 Å². The third kappa shape index (κ3) is 3.23. The Kier molecular flexibility index (Phi) is 6.81. The summed E-state index contributed by atoms with van der Waals surface area (Å²) < 4.78 is 0. The molecule has 17 heavy (non-hydrogen) atoms. The van der Waals surface area contributed by atoms with Crippen molar-refractivity contribution in [2.24, 2.45) is 5.73 Å². The quantitative estimate of drug-likeness (QED) is 0.838. The number of aryl methyl sites for hydroxylation is 1. The molecule has 2 heteroatoms. The molecule has 0 aliphatic rings. The Hall–Kier alpha value is -0.530. The minimum Gasteiger partial charge on any atom is -0.321 e. The molecule has 2 N–H and O–H groups in total. The Bertz CT molecular complexity index is 343. The zero-order chi connectivity index (χ0) is 12.2. The molecule has 0 amide bonds. The lowest BCUT2D eigenvalue weighted by atomic mass is 9.80. The molecule has 0 heterocycles. The predicted octanol–water partition coefficient (Wildman–Crippen LogP) is 4.21. The average molecular weight is 256 g/mol. The maximum Gasteiger partial charge on any atom is 0.0407 e. The van der Waals surface area contributed by atoms with Crippen LogP contribution in [-0.2, 0) is 18.4 Å². The van der Waals surface area contributed by atoms with E-state index < -0.39 is 0 Å². The van der Waals surface area contributed by atoms with E-state index in [1.54, 1.807) is 0 Å². The van der Waals surface area contributed by atoms with Gasteiger partial charge in [-0.2, -0.15) is 0 Å². The summed E-state index contributed by atoms with van der Waals surface area (Å²) in [6, 6.07) is 6.60. The second-order valence-corrected chi connectivity index (χ2v) is 4.51. The maximum atomic E-state index is 6.52. The first-order chi connectivity index (χ1) is 7.62. The zero-order valence-electron chi connectivity index (χ0n) is 11.5. The molecular weight excluding hydrogens is 230 g/mol. The van der Waals surface area contributed by atoms with E-state index in [0.717, 1.165) is 25.7 Å². The summed E-state index contributed by atoms with van der Waals surface area (Å²) in [6.45, 7) is 8.81. The van der Waals surface area contributed by atoms with Crippen molar-refractivity contribution in [3.8, 4) is 0 Å². The van der Waals surface area contributed by atoms with Gasteiger partial charge >= 0.3 is 0 Å². The molecule has 98 valence electrons. The monoisotopic (exact) mass is 255 g/mol. The molecule has 0 saturated carbocycles. The van der Waals surface area contributed by atoms with Gasteiger partial charge in [-0.3, -0.25) is 0 Å². The third-order valence-electron chi connectivity index (χ3n) is 3.81. The Balaban J connectivity index is 0.00000256. The van der Waals surface area contributed by atoms with Crippen molar-refractivity contribution in [2.45, 2.75) is 58.9 Å². The van der Waals surface area contributed by atoms with Crippen molar-refractivity contribution < 1.29 is 0 Å². The number of rotatable bonds is 5. The van der Waals surface area contributed by atoms with Crippen LogP contribution >= 0.6 is 12.4 Å². The van der Waals surface area contributed by atoms with Gasteiger partial charge in [0.25, 0.3) is 0 Å². The average Bonchev–Trinajstić information content (AvgIpc) is 2.36. The van der Waals surface area contributed by atoms with Crippen molar-refractivity contribution in [2.75, 3.05) is 0 Å². The maximum absolute atomic E-state index is 6.52. The second-order valence-electron chi connectivity index (χ2n) is 4.51. The summed E-state index contributed by atoms with van der Waals surface area (Å²) in [6.07, 6.45) is 4.19. The van der Waals surface area contributed by atoms with Crippen LogP contribution in [0.1, 0.15) is 57.2 Å². The topological polar surface area (TPSA) is 26.0 Å². The molecule has 0 radical (unpaired) electrons. The second kappa shape index (κ2) is 7.03. The van der Waals surface area contributed by atoms with E-state index in [2.05, 4.69) is 45.9 Å². The fraction of sp³-hybridized carbons (Fsp3) is 0.600. The lowest BCUT2D eigenvalue weighted by Gasteiger charge is -2.30. The minimum absolute atomic E-state index is 0. The number of halogens is 1. The summed E-state index contributed by atoms with van der Waals surface area (Å²) in [4.78, 5) is 0. The van der Waals surface area contributed by atoms with Crippen LogP contribution in [0.3, 0.4) is 0 Å². The molecule has 0 atom stereocenters. The Labute approximate surface area is 112 Å². The lowest BCUT2D eigenvalue weighted by Crippen LogP contribution is -2.36. The number of hydrogen-bond acceptors (Lipinski definition) is 1. The Morgan fingerprint density at radius 2 is 1.59 bits per heavy atom. The molecule has 1 aromatic rings. The van der Waals surface area contributed by atoms with Crippen LogP contribution in [0.15, 0.2) is 18.2 Å². The SMILES string of the molecule is CCc1cccc(C(N)(CC)CC)c1CC.Cl. The van der Waals surface area contributed by atoms with E-state index in [0.29, 0.717) is 0 Å². The van der Waals surface area contributed by atoms with Gasteiger partial charge in [-0.1, -0.05) is 45.9 Å². The van der Waals surface area contributed by atoms with Gasteiger partial charge in [0.1, 0.15) is 0 Å². The predicted molar refractivity (Wildman–Crippen MR) is 78.9 cm³/mol. The first kappa shape index (κ1) is 16.5. The highest BCUT2D eigenvalue weighted by molar-refractivity contribution is 5.85. The van der Waals surface area contributed by atoms with Crippen LogP contribution in [0.4, 0.5) is 0 Å². The van der Waals surface area contributed by atoms with E-state index >= 15 is 0 Å². The third-order valence-corrected chi connectivity index (χ3v) is 3.81. The minimum atomic E-state index is -0.142. The molecule has 0 aromatic heterocycles. The highest BCUT2D eigenvalue weighted by Crippen LogP contribution is 2.30. The zero-order valence-corrected chi connectivity index (χ0v) is 12.4. The lowest BCUT2D eigenvalue weighted by molar-refractivity contribution is 0.409. The molecular formula is C15H26ClN. The standard InChI is InChI=1S/C15H25N.ClH/c1-5-12-10-9-11-14(13(12)6-2)15(16,7-3)8-4;/h9-11H,5-8,16H2,1-4H3;1H. The highest BCUT2D eigenvalue weighted by atomic mass is 35.5. The van der Waals surface area contributed by atoms with Gasteiger partial charge in [-0.25, -0.2) is 0 Å². The smallest absolute Gasteiger partial charge is 0.0407 e. The molecule has 0 unspecified atom stereocenters. The van der Waals surface area contributed by atoms with Gasteiger partial charge in [0.2, 0.25) is 0 Å². The van der Waals surface area contributed by atoms with Crippen LogP contribution in [0, 0.1) is 0 Å². The van der Waals surface area contributed by atoms with Crippen molar-refractivity contribution >= 4 is 12.4 Å². The number of nitrogens with two attached hydrogens (primary N) is 1. The number of benzene rings is 1. The largest absolute Gasteiger partial charge is 0.321 e. The van der Waals surface area contributed by atoms with Crippen molar-refractivity contribution in [3.63, 3.8) is 0 Å². The Morgan fingerprint density at radius 3 is 2.00 bits per heavy atom. The van der Waals surface area contributed by atoms with Crippen LogP contribution in [-0.4, -0.2) is 0 Å². The number of hydrogen-bond donors (Lipinski definition) is 1. The van der Waals surface area contributed by atoms with Gasteiger partial charge in [-0.15, -0.1) is 12.4 Å². The van der Waals surface area contributed by atoms with Gasteiger partial charge in [0.15, 0.2) is 0 Å². The first-order valence-electron chi connectivity index (χ1n) is 6.53. The van der Waals surface area contributed by atoms with Crippen molar-refractivity contribution in [1.82, 2.24) is 0 Å². The normalized spacial score (nSPS) is 11.1. The van der Waals surface area contributed by atoms with Gasteiger partial charge < -0.3 is 5.73 Å². The molecule has 0 spiro atoms. The molecule has 0 bridgehead atoms. The van der Waals surface area contributed by atoms with Crippen LogP contribution in [0.25, 0.3) is 0 Å². The molecule has 1 rings (SSSR count). The van der Waals surface area contributed by atoms with Crippen molar-refractivity contribution in [1.29, 1.82) is 0 Å². The van der Waals surface area contributed by atoms with Gasteiger partial charge in [0.05, 0.1) is 0 Å². The fourth-order valence-electron chi connectivity index (χ4n) is 2.48. The summed E-state index contributed by atoms with van der Waals surface area (Å²) >= 11 is 0. The van der Waals surface area contributed by atoms with Gasteiger partial charge in [-0.05, 0) is 42.4 Å². The van der Waals surface area contributed by atoms with Crippen LogP contribution < -0.4 is 5.73 Å². The van der Waals surface area contributed by atoms with E-state index in [-0.39, 0.29) is 17.9 Å². The van der Waals surface area contributed by atoms with Crippen LogP contribution in [0.5, 0.6) is 0 Å². The summed E-state index contributed by atoms with van der Waals surface area (Å²) in [7, 11) is 0. The molecule has 0 aliphatic heterocycles. The Morgan fingerprint density at radius 1 is 1.00 bits per heavy atom. The van der Waals surface area contributed by atoms with Gasteiger partial charge in [0, 0.05) is 5.54 Å². The summed E-state index contributed by atoms with van der Waals surface area (Å²) in [5.41, 5.74) is 10.7. The molecule has 0 saturated heterocycles. The first-order valence-corrected chi connectivity index (χ1v) is 6.53. The molecule has 0 fully saturated rings. The summed E-state index contributed by atoms with van der Waals surface area (Å²) in [5.74, 6) is 0. The molecule has 1 aromatic carbocycles. The van der Waals surface area contributed by atoms with E-state index in [9.17, 15) is 0 Å². The van der Waals surface area contributed by atoms with E-state index in [1.807, 2.05) is 0 Å². The molecule has 0 aliphatic carbocycles. The van der Waals surface area contributed by atoms with Crippen molar-refractivity contribution in [3.05, 3.63) is 34.9 Å².